The molecule has 1 saturated heterocycles. The second kappa shape index (κ2) is 12.4. The average Bonchev–Trinajstić information content (AvgIpc) is 3.37. The number of allylic oxidation sites excluding steroid dienone is 1. The van der Waals surface area contributed by atoms with Crippen molar-refractivity contribution >= 4 is 23.3 Å². The molecule has 1 unspecified atom stereocenters. The number of ether oxygens (including phenoxy) is 3. The van der Waals surface area contributed by atoms with E-state index in [0.29, 0.717) is 17.1 Å². The zero-order valence-corrected chi connectivity index (χ0v) is 22.9. The van der Waals surface area contributed by atoms with Gasteiger partial charge in [-0.2, -0.15) is 0 Å². The maximum absolute atomic E-state index is 12.5. The number of aliphatic hydroxyl groups is 1. The van der Waals surface area contributed by atoms with Gasteiger partial charge in [-0.3, -0.25) is 4.79 Å². The van der Waals surface area contributed by atoms with Crippen LogP contribution in [0.3, 0.4) is 0 Å². The molecule has 0 spiro atoms. The lowest BCUT2D eigenvalue weighted by molar-refractivity contribution is 0.0651. The third-order valence-electron chi connectivity index (χ3n) is 6.31. The number of carbonyl (C=O) groups excluding carboxylic acids is 1. The van der Waals surface area contributed by atoms with Crippen LogP contribution in [0.4, 0.5) is 0 Å². The number of amides is 1. The standard InChI is InChI=1S/C29H34ClN3O5/c1-5-18(3)37-27(6-2)26-9-8-25(32-26)20-12-22(36-19(4)17-34)15-23(13-20)38-28-24(30)14-21(16-31-28)29(35)33-10-7-11-33/h6,8-9,12-16,18-19,32,34H,5,7,10-11,17H2,1-4H3/b27-6+/t18?,19-/m0/s1. The molecule has 1 amide bonds. The van der Waals surface area contributed by atoms with Crippen LogP contribution in [0, 0.1) is 0 Å². The minimum absolute atomic E-state index is 0.0896. The van der Waals surface area contributed by atoms with Crippen molar-refractivity contribution in [3.05, 3.63) is 65.0 Å². The van der Waals surface area contributed by atoms with E-state index >= 15 is 0 Å². The number of nitrogens with one attached hydrogen (secondary N) is 1. The van der Waals surface area contributed by atoms with Crippen LogP contribution in [-0.2, 0) is 4.74 Å². The van der Waals surface area contributed by atoms with Gasteiger partial charge in [0, 0.05) is 36.6 Å². The minimum atomic E-state index is -0.413. The van der Waals surface area contributed by atoms with Crippen molar-refractivity contribution in [1.29, 1.82) is 0 Å². The SMILES string of the molecule is C/C=C(/OC(C)CC)c1ccc(-c2cc(Oc3ncc(C(=O)N4CCC4)cc3Cl)cc(O[C@@H](C)CO)c2)[nH]1. The summed E-state index contributed by atoms with van der Waals surface area (Å²) in [7, 11) is 0. The lowest BCUT2D eigenvalue weighted by Gasteiger charge is -2.30. The predicted molar refractivity (Wildman–Crippen MR) is 148 cm³/mol. The molecular weight excluding hydrogens is 506 g/mol. The number of hydrogen-bond acceptors (Lipinski definition) is 6. The number of likely N-dealkylation sites (tertiary alicyclic amines) is 1. The van der Waals surface area contributed by atoms with Crippen LogP contribution < -0.4 is 9.47 Å². The number of H-pyrrole nitrogens is 1. The molecule has 202 valence electrons. The van der Waals surface area contributed by atoms with E-state index in [1.807, 2.05) is 44.2 Å². The first kappa shape index (κ1) is 27.5. The van der Waals surface area contributed by atoms with E-state index in [2.05, 4.69) is 16.9 Å². The van der Waals surface area contributed by atoms with Crippen molar-refractivity contribution in [2.24, 2.45) is 0 Å². The normalized spacial score (nSPS) is 15.0. The fourth-order valence-corrected chi connectivity index (χ4v) is 4.05. The minimum Gasteiger partial charge on any atom is -0.489 e. The summed E-state index contributed by atoms with van der Waals surface area (Å²) in [6.07, 6.45) is 5.00. The molecule has 9 heteroatoms. The monoisotopic (exact) mass is 539 g/mol. The van der Waals surface area contributed by atoms with E-state index in [4.69, 9.17) is 25.8 Å². The molecule has 2 atom stereocenters. The first-order valence-corrected chi connectivity index (χ1v) is 13.3. The first-order valence-electron chi connectivity index (χ1n) is 12.9. The molecule has 38 heavy (non-hydrogen) atoms. The van der Waals surface area contributed by atoms with Gasteiger partial charge in [-0.1, -0.05) is 18.5 Å². The molecule has 0 bridgehead atoms. The van der Waals surface area contributed by atoms with Crippen molar-refractivity contribution in [3.8, 4) is 28.6 Å². The summed E-state index contributed by atoms with van der Waals surface area (Å²) < 4.78 is 18.0. The van der Waals surface area contributed by atoms with Crippen LogP contribution in [0.5, 0.6) is 17.4 Å². The predicted octanol–water partition coefficient (Wildman–Crippen LogP) is 6.30. The summed E-state index contributed by atoms with van der Waals surface area (Å²) in [5.74, 6) is 1.81. The molecule has 0 radical (unpaired) electrons. The molecule has 1 aromatic carbocycles. The van der Waals surface area contributed by atoms with Crippen molar-refractivity contribution in [2.45, 2.75) is 52.7 Å². The molecule has 2 aromatic heterocycles. The van der Waals surface area contributed by atoms with Crippen molar-refractivity contribution in [3.63, 3.8) is 0 Å². The fraction of sp³-hybridized carbons (Fsp3) is 0.379. The largest absolute Gasteiger partial charge is 0.489 e. The van der Waals surface area contributed by atoms with Crippen molar-refractivity contribution in [1.82, 2.24) is 14.9 Å². The number of pyridine rings is 1. The number of halogens is 1. The van der Waals surface area contributed by atoms with E-state index in [9.17, 15) is 9.90 Å². The summed E-state index contributed by atoms with van der Waals surface area (Å²) in [6.45, 7) is 9.19. The fourth-order valence-electron chi connectivity index (χ4n) is 3.85. The number of carbonyl (C=O) groups is 1. The molecule has 1 fully saturated rings. The second-order valence-corrected chi connectivity index (χ2v) is 9.75. The van der Waals surface area contributed by atoms with Gasteiger partial charge in [-0.05, 0) is 70.0 Å². The van der Waals surface area contributed by atoms with Crippen molar-refractivity contribution in [2.75, 3.05) is 19.7 Å². The van der Waals surface area contributed by atoms with Crippen molar-refractivity contribution < 1.29 is 24.1 Å². The van der Waals surface area contributed by atoms with Gasteiger partial charge in [0.15, 0.2) is 0 Å². The van der Waals surface area contributed by atoms with Crippen LogP contribution in [0.15, 0.2) is 48.7 Å². The number of rotatable bonds is 11. The number of aromatic amines is 1. The Morgan fingerprint density at radius 1 is 1.18 bits per heavy atom. The highest BCUT2D eigenvalue weighted by molar-refractivity contribution is 6.32. The number of aromatic nitrogens is 2. The van der Waals surface area contributed by atoms with Crippen LogP contribution >= 0.6 is 11.6 Å². The number of hydrogen-bond donors (Lipinski definition) is 2. The molecule has 0 saturated carbocycles. The van der Waals surface area contributed by atoms with Crippen LogP contribution in [0.1, 0.15) is 56.6 Å². The Morgan fingerprint density at radius 2 is 1.95 bits per heavy atom. The van der Waals surface area contributed by atoms with Gasteiger partial charge in [0.25, 0.3) is 5.91 Å². The number of benzene rings is 1. The topological polar surface area (TPSA) is 96.9 Å². The van der Waals surface area contributed by atoms with E-state index in [1.54, 1.807) is 24.0 Å². The Bertz CT molecular complexity index is 1300. The molecule has 4 rings (SSSR count). The molecule has 1 aliphatic rings. The Balaban J connectivity index is 1.62. The molecule has 0 aliphatic carbocycles. The van der Waals surface area contributed by atoms with Crippen LogP contribution in [0.25, 0.3) is 17.0 Å². The smallest absolute Gasteiger partial charge is 0.255 e. The second-order valence-electron chi connectivity index (χ2n) is 9.34. The van der Waals surface area contributed by atoms with Gasteiger partial charge >= 0.3 is 0 Å². The maximum atomic E-state index is 12.5. The third-order valence-corrected chi connectivity index (χ3v) is 6.59. The van der Waals surface area contributed by atoms with Gasteiger partial charge in [-0.15, -0.1) is 0 Å². The molecule has 8 nitrogen and oxygen atoms in total. The summed E-state index contributed by atoms with van der Waals surface area (Å²) in [5.41, 5.74) is 2.91. The van der Waals surface area contributed by atoms with Gasteiger partial charge in [0.05, 0.1) is 24.0 Å². The Labute approximate surface area is 228 Å². The molecule has 3 heterocycles. The van der Waals surface area contributed by atoms with Gasteiger partial charge in [-0.25, -0.2) is 4.98 Å². The van der Waals surface area contributed by atoms with E-state index < -0.39 is 6.10 Å². The summed E-state index contributed by atoms with van der Waals surface area (Å²) in [4.78, 5) is 22.0. The molecule has 2 N–H and O–H groups in total. The quantitative estimate of drug-likeness (QED) is 0.277. The zero-order valence-electron chi connectivity index (χ0n) is 22.2. The van der Waals surface area contributed by atoms with Crippen LogP contribution in [0.2, 0.25) is 5.02 Å². The highest BCUT2D eigenvalue weighted by Crippen LogP contribution is 2.35. The van der Waals surface area contributed by atoms with E-state index in [1.165, 1.54) is 6.20 Å². The highest BCUT2D eigenvalue weighted by Gasteiger charge is 2.23. The molecule has 3 aromatic rings. The average molecular weight is 540 g/mol. The summed E-state index contributed by atoms with van der Waals surface area (Å²) in [5, 5.41) is 9.73. The lowest BCUT2D eigenvalue weighted by Crippen LogP contribution is -2.42. The van der Waals surface area contributed by atoms with E-state index in [0.717, 1.165) is 48.6 Å². The van der Waals surface area contributed by atoms with Gasteiger partial charge in [0.1, 0.15) is 28.4 Å². The lowest BCUT2D eigenvalue weighted by atomic mass is 10.1. The number of nitrogens with zero attached hydrogens (tertiary/aromatic N) is 2. The van der Waals surface area contributed by atoms with Gasteiger partial charge < -0.3 is 29.2 Å². The van der Waals surface area contributed by atoms with Gasteiger partial charge in [0.2, 0.25) is 5.88 Å². The van der Waals surface area contributed by atoms with E-state index in [-0.39, 0.29) is 29.5 Å². The van der Waals surface area contributed by atoms with Crippen LogP contribution in [-0.4, -0.2) is 57.8 Å². The Morgan fingerprint density at radius 3 is 2.58 bits per heavy atom. The Kier molecular flexibility index (Phi) is 8.97. The first-order chi connectivity index (χ1) is 18.3. The Hall–Kier alpha value is -3.49. The third kappa shape index (κ3) is 6.49. The maximum Gasteiger partial charge on any atom is 0.255 e. The number of aliphatic hydroxyl groups excluding tert-OH is 1. The summed E-state index contributed by atoms with van der Waals surface area (Å²) in [6, 6.07) is 10.9. The zero-order chi connectivity index (χ0) is 27.2. The highest BCUT2D eigenvalue weighted by atomic mass is 35.5. The molecule has 1 aliphatic heterocycles. The summed E-state index contributed by atoms with van der Waals surface area (Å²) >= 11 is 6.45. The molecular formula is C29H34ClN3O5.